The summed E-state index contributed by atoms with van der Waals surface area (Å²) in [7, 11) is 0. The Bertz CT molecular complexity index is 4060. The van der Waals surface area contributed by atoms with Crippen molar-refractivity contribution in [2.75, 3.05) is 0 Å². The minimum absolute atomic E-state index is 0. The van der Waals surface area contributed by atoms with Crippen LogP contribution in [0, 0.1) is 18.2 Å². The minimum Gasteiger partial charge on any atom is -0.305 e. The zero-order chi connectivity index (χ0) is 52.0. The molecule has 0 unspecified atom stereocenters. The van der Waals surface area contributed by atoms with Crippen LogP contribution in [0.1, 0.15) is 0 Å². The van der Waals surface area contributed by atoms with E-state index in [0.717, 1.165) is 123 Å². The molecule has 0 saturated heterocycles. The van der Waals surface area contributed by atoms with Gasteiger partial charge in [0.1, 0.15) is 0 Å². The summed E-state index contributed by atoms with van der Waals surface area (Å²) >= 11 is 0. The van der Waals surface area contributed by atoms with Crippen LogP contribution < -0.4 is 0 Å². The van der Waals surface area contributed by atoms with Crippen molar-refractivity contribution in [1.29, 1.82) is 0 Å². The quantitative estimate of drug-likeness (QED) is 0.114. The molecule has 10 aromatic carbocycles. The van der Waals surface area contributed by atoms with E-state index in [0.29, 0.717) is 0 Å². The molecule has 0 aliphatic heterocycles. The second-order valence-electron chi connectivity index (χ2n) is 19.3. The van der Waals surface area contributed by atoms with E-state index in [9.17, 15) is 0 Å². The van der Waals surface area contributed by atoms with Gasteiger partial charge in [0.25, 0.3) is 0 Å². The van der Waals surface area contributed by atoms with Crippen LogP contribution in [-0.4, -0.2) is 15.0 Å². The average molecular weight is 1180 g/mol. The Morgan fingerprint density at radius 2 is 0.646 bits per heavy atom. The Kier molecular flexibility index (Phi) is 14.5. The molecule has 0 fully saturated rings. The minimum atomic E-state index is 0. The fourth-order valence-electron chi connectivity index (χ4n) is 10.5. The molecule has 13 rings (SSSR count). The van der Waals surface area contributed by atoms with Gasteiger partial charge in [0.15, 0.2) is 0 Å². The molecule has 13 aromatic rings. The van der Waals surface area contributed by atoms with Gasteiger partial charge in [-0.3, -0.25) is 0 Å². The van der Waals surface area contributed by atoms with Gasteiger partial charge in [-0.2, -0.15) is 0 Å². The Morgan fingerprint density at radius 3 is 1.13 bits per heavy atom. The monoisotopic (exact) mass is 1180 g/mol. The zero-order valence-electron chi connectivity index (χ0n) is 42.9. The molecule has 4 heteroatoms. The van der Waals surface area contributed by atoms with Crippen molar-refractivity contribution >= 4 is 0 Å². The van der Waals surface area contributed by atoms with Crippen LogP contribution in [0.5, 0.6) is 0 Å². The molecule has 0 radical (unpaired) electrons. The Balaban J connectivity index is 0.00000623. The maximum atomic E-state index is 5.26. The van der Waals surface area contributed by atoms with Crippen LogP contribution in [0.15, 0.2) is 292 Å². The van der Waals surface area contributed by atoms with Crippen molar-refractivity contribution in [2.24, 2.45) is 0 Å². The van der Waals surface area contributed by atoms with Crippen molar-refractivity contribution in [3.63, 3.8) is 0 Å². The Labute approximate surface area is 475 Å². The fraction of sp³-hybridized carbons (Fsp3) is 0. The van der Waals surface area contributed by atoms with Crippen LogP contribution in [-0.2, 0) is 20.1 Å². The van der Waals surface area contributed by atoms with Crippen LogP contribution in [0.4, 0.5) is 0 Å². The first-order valence-electron chi connectivity index (χ1n) is 26.2. The third-order valence-corrected chi connectivity index (χ3v) is 14.5. The van der Waals surface area contributed by atoms with Gasteiger partial charge in [0.05, 0.1) is 0 Å². The normalized spacial score (nSPS) is 10.9. The second-order valence-corrected chi connectivity index (χ2v) is 19.3. The Morgan fingerprint density at radius 1 is 0.228 bits per heavy atom. The Hall–Kier alpha value is -9.70. The number of rotatable bonds is 12. The van der Waals surface area contributed by atoms with Gasteiger partial charge < -0.3 is 15.0 Å². The molecular formula is C75H48IrN3. The number of nitrogens with zero attached hydrogens (tertiary/aromatic N) is 3. The van der Waals surface area contributed by atoms with Gasteiger partial charge in [-0.15, -0.1) is 95.1 Å². The largest absolute Gasteiger partial charge is 3.00 e. The van der Waals surface area contributed by atoms with Crippen LogP contribution in [0.3, 0.4) is 0 Å². The van der Waals surface area contributed by atoms with Crippen molar-refractivity contribution in [2.45, 2.75) is 0 Å². The van der Waals surface area contributed by atoms with Gasteiger partial charge in [0.2, 0.25) is 0 Å². The van der Waals surface area contributed by atoms with Gasteiger partial charge in [-0.1, -0.05) is 210 Å². The summed E-state index contributed by atoms with van der Waals surface area (Å²) in [4.78, 5) is 14.4. The number of aromatic nitrogens is 3. The molecule has 0 amide bonds. The van der Waals surface area contributed by atoms with Crippen LogP contribution in [0.25, 0.3) is 134 Å². The summed E-state index contributed by atoms with van der Waals surface area (Å²) in [6, 6.07) is 107. The third kappa shape index (κ3) is 10.6. The standard InChI is InChI=1S/C75H48N3.Ir/c1-3-18-52(19-4-1)53-32-34-54(35-33-53)60-22-17-23-61(46-60)75-50-71(55-20-5-2-6-21-55)72(51-78-75)70-29-12-11-28-69(70)64-48-62(67-26-9-7-24-65(67)56-36-40-58(41-37-56)73-30-13-15-44-76-73)47-63(49-64)68-27-10-8-25-66(68)57-38-42-59(43-39-57)74-31-14-16-45-77-74;/h1-22,24-40,42,44-51H;/q-3;+3. The van der Waals surface area contributed by atoms with Gasteiger partial charge in [0, 0.05) is 24.2 Å². The average Bonchev–Trinajstić information content (AvgIpc) is 3.60. The number of benzene rings is 10. The molecule has 3 nitrogen and oxygen atoms in total. The molecule has 0 aliphatic rings. The summed E-state index contributed by atoms with van der Waals surface area (Å²) < 4.78 is 0. The molecule has 3 aromatic heterocycles. The smallest absolute Gasteiger partial charge is 0.305 e. The summed E-state index contributed by atoms with van der Waals surface area (Å²) in [5.74, 6) is 0. The molecule has 0 bridgehead atoms. The molecule has 3 heterocycles. The number of pyridine rings is 3. The third-order valence-electron chi connectivity index (χ3n) is 14.5. The predicted octanol–water partition coefficient (Wildman–Crippen LogP) is 19.3. The molecule has 0 spiro atoms. The van der Waals surface area contributed by atoms with E-state index < -0.39 is 0 Å². The molecule has 0 saturated carbocycles. The first-order chi connectivity index (χ1) is 38.7. The molecule has 79 heavy (non-hydrogen) atoms. The van der Waals surface area contributed by atoms with Gasteiger partial charge >= 0.3 is 20.1 Å². The van der Waals surface area contributed by atoms with E-state index in [2.05, 4.69) is 265 Å². The van der Waals surface area contributed by atoms with Crippen molar-refractivity contribution in [3.05, 3.63) is 310 Å². The van der Waals surface area contributed by atoms with E-state index in [4.69, 9.17) is 4.98 Å². The maximum absolute atomic E-state index is 5.26. The van der Waals surface area contributed by atoms with Crippen LogP contribution in [0.2, 0.25) is 0 Å². The SMILES string of the molecule is [Ir+3].[c-]1cc(-c2ccccc2-c2cc(-c3ccccc3-c3c[c-]c(-c4ccccn4)cc3)cc(-c3ccccc3-c3cnc(-c4[c-]ccc(-c5ccc(-c6ccccc6)cc5)c4)cc3-c3ccccc3)c2)ccc1-c1ccccn1. The first kappa shape index (κ1) is 50.1. The number of hydrogen-bond acceptors (Lipinski definition) is 3. The molecule has 0 atom stereocenters. The van der Waals surface area contributed by atoms with Gasteiger partial charge in [-0.25, -0.2) is 0 Å². The summed E-state index contributed by atoms with van der Waals surface area (Å²) in [6.07, 6.45) is 5.70. The number of hydrogen-bond donors (Lipinski definition) is 0. The van der Waals surface area contributed by atoms with E-state index in [1.165, 1.54) is 11.1 Å². The topological polar surface area (TPSA) is 38.7 Å². The second kappa shape index (κ2) is 22.9. The van der Waals surface area contributed by atoms with E-state index in [1.807, 2.05) is 54.9 Å². The van der Waals surface area contributed by atoms with E-state index in [1.54, 1.807) is 0 Å². The summed E-state index contributed by atoms with van der Waals surface area (Å²) in [6.45, 7) is 0. The summed E-state index contributed by atoms with van der Waals surface area (Å²) in [5.41, 5.74) is 25.4. The first-order valence-corrected chi connectivity index (χ1v) is 26.2. The van der Waals surface area contributed by atoms with Gasteiger partial charge in [-0.05, 0) is 114 Å². The molecule has 0 N–H and O–H groups in total. The van der Waals surface area contributed by atoms with Crippen molar-refractivity contribution in [3.8, 4) is 134 Å². The predicted molar refractivity (Wildman–Crippen MR) is 322 cm³/mol. The fourth-order valence-corrected chi connectivity index (χ4v) is 10.5. The van der Waals surface area contributed by atoms with Crippen molar-refractivity contribution in [1.82, 2.24) is 15.0 Å². The van der Waals surface area contributed by atoms with E-state index >= 15 is 0 Å². The molecule has 372 valence electrons. The zero-order valence-corrected chi connectivity index (χ0v) is 45.3. The summed E-state index contributed by atoms with van der Waals surface area (Å²) in [5, 5.41) is 0. The molecular weight excluding hydrogens is 1140 g/mol. The molecule has 0 aliphatic carbocycles. The van der Waals surface area contributed by atoms with Crippen LogP contribution >= 0.6 is 0 Å². The van der Waals surface area contributed by atoms with E-state index in [-0.39, 0.29) is 20.1 Å². The van der Waals surface area contributed by atoms with Crippen molar-refractivity contribution < 1.29 is 20.1 Å². The maximum Gasteiger partial charge on any atom is 3.00 e.